The van der Waals surface area contributed by atoms with Crippen LogP contribution in [-0.2, 0) is 0 Å². The van der Waals surface area contributed by atoms with Crippen molar-refractivity contribution in [3.8, 4) is 0 Å². The number of aromatic nitrogens is 1. The van der Waals surface area contributed by atoms with Crippen molar-refractivity contribution in [1.82, 2.24) is 4.98 Å². The third-order valence-electron chi connectivity index (χ3n) is 3.40. The molecule has 1 aliphatic carbocycles. The van der Waals surface area contributed by atoms with Gasteiger partial charge >= 0.3 is 0 Å². The zero-order chi connectivity index (χ0) is 11.5. The summed E-state index contributed by atoms with van der Waals surface area (Å²) in [5.41, 5.74) is 2.38. The van der Waals surface area contributed by atoms with Crippen molar-refractivity contribution in [2.45, 2.75) is 52.5 Å². The molecule has 1 unspecified atom stereocenters. The van der Waals surface area contributed by atoms with E-state index in [4.69, 9.17) is 0 Å². The molecule has 1 atom stereocenters. The Hall–Kier alpha value is -1.05. The molecule has 0 bridgehead atoms. The van der Waals surface area contributed by atoms with E-state index in [0.717, 1.165) is 17.4 Å². The van der Waals surface area contributed by atoms with E-state index in [1.807, 2.05) is 0 Å². The topological polar surface area (TPSA) is 24.9 Å². The molecule has 0 saturated heterocycles. The average Bonchev–Trinajstić information content (AvgIpc) is 2.09. The van der Waals surface area contributed by atoms with Crippen LogP contribution in [0.1, 0.15) is 43.9 Å². The quantitative estimate of drug-likeness (QED) is 0.833. The lowest BCUT2D eigenvalue weighted by molar-refractivity contribution is 0.285. The first-order valence-corrected chi connectivity index (χ1v) is 6.35. The molecule has 16 heavy (non-hydrogen) atoms. The Balaban J connectivity index is 1.91. The molecule has 0 aromatic carbocycles. The first-order chi connectivity index (χ1) is 7.63. The SMILES string of the molecule is Cc1cc(C)nc(NC(C)CC2CCC2)c1. The summed E-state index contributed by atoms with van der Waals surface area (Å²) in [7, 11) is 0. The van der Waals surface area contributed by atoms with E-state index in [2.05, 4.69) is 43.2 Å². The number of hydrogen-bond donors (Lipinski definition) is 1. The lowest BCUT2D eigenvalue weighted by Crippen LogP contribution is -2.23. The molecular formula is C14H22N2. The number of nitrogens with one attached hydrogen (secondary N) is 1. The summed E-state index contributed by atoms with van der Waals surface area (Å²) in [5.74, 6) is 1.98. The molecule has 1 aliphatic rings. The molecule has 2 nitrogen and oxygen atoms in total. The summed E-state index contributed by atoms with van der Waals surface area (Å²) in [6.07, 6.45) is 5.56. The van der Waals surface area contributed by atoms with Gasteiger partial charge in [0.2, 0.25) is 0 Å². The molecule has 0 spiro atoms. The molecule has 2 heteroatoms. The van der Waals surface area contributed by atoms with E-state index in [9.17, 15) is 0 Å². The maximum atomic E-state index is 4.51. The summed E-state index contributed by atoms with van der Waals surface area (Å²) in [4.78, 5) is 4.51. The number of nitrogens with zero attached hydrogens (tertiary/aromatic N) is 1. The Labute approximate surface area is 98.5 Å². The lowest BCUT2D eigenvalue weighted by atomic mass is 9.81. The molecule has 88 valence electrons. The molecule has 1 N–H and O–H groups in total. The van der Waals surface area contributed by atoms with Crippen molar-refractivity contribution in [3.63, 3.8) is 0 Å². The van der Waals surface area contributed by atoms with E-state index in [0.29, 0.717) is 6.04 Å². The lowest BCUT2D eigenvalue weighted by Gasteiger charge is -2.28. The fourth-order valence-corrected chi connectivity index (χ4v) is 2.46. The van der Waals surface area contributed by atoms with Crippen LogP contribution >= 0.6 is 0 Å². The second kappa shape index (κ2) is 4.86. The highest BCUT2D eigenvalue weighted by atomic mass is 15.0. The van der Waals surface area contributed by atoms with Crippen LogP contribution in [0.3, 0.4) is 0 Å². The smallest absolute Gasteiger partial charge is 0.126 e. The first kappa shape index (κ1) is 11.4. The van der Waals surface area contributed by atoms with Crippen LogP contribution < -0.4 is 5.32 Å². The van der Waals surface area contributed by atoms with Crippen molar-refractivity contribution in [3.05, 3.63) is 23.4 Å². The van der Waals surface area contributed by atoms with Gasteiger partial charge in [-0.25, -0.2) is 4.98 Å². The zero-order valence-corrected chi connectivity index (χ0v) is 10.6. The molecule has 1 saturated carbocycles. The van der Waals surface area contributed by atoms with Gasteiger partial charge in [-0.05, 0) is 50.8 Å². The van der Waals surface area contributed by atoms with Crippen molar-refractivity contribution >= 4 is 5.82 Å². The number of pyridine rings is 1. The normalized spacial score (nSPS) is 17.9. The average molecular weight is 218 g/mol. The van der Waals surface area contributed by atoms with Gasteiger partial charge in [-0.1, -0.05) is 19.3 Å². The summed E-state index contributed by atoms with van der Waals surface area (Å²) < 4.78 is 0. The predicted octanol–water partition coefficient (Wildman–Crippen LogP) is 3.69. The number of rotatable bonds is 4. The third kappa shape index (κ3) is 2.97. The molecule has 0 aliphatic heterocycles. The maximum absolute atomic E-state index is 4.51. The van der Waals surface area contributed by atoms with Gasteiger partial charge in [-0.3, -0.25) is 0 Å². The zero-order valence-electron chi connectivity index (χ0n) is 10.6. The van der Waals surface area contributed by atoms with Gasteiger partial charge in [-0.15, -0.1) is 0 Å². The van der Waals surface area contributed by atoms with Crippen molar-refractivity contribution in [1.29, 1.82) is 0 Å². The minimum atomic E-state index is 0.541. The number of aryl methyl sites for hydroxylation is 2. The standard InChI is InChI=1S/C14H22N2/c1-10-7-11(2)15-14(8-10)16-12(3)9-13-5-4-6-13/h7-8,12-13H,4-6,9H2,1-3H3,(H,15,16). The van der Waals surface area contributed by atoms with E-state index in [-0.39, 0.29) is 0 Å². The summed E-state index contributed by atoms with van der Waals surface area (Å²) in [5, 5.41) is 3.51. The molecule has 1 fully saturated rings. The van der Waals surface area contributed by atoms with Gasteiger partial charge in [-0.2, -0.15) is 0 Å². The highest BCUT2D eigenvalue weighted by Crippen LogP contribution is 2.30. The second-order valence-electron chi connectivity index (χ2n) is 5.25. The van der Waals surface area contributed by atoms with Gasteiger partial charge < -0.3 is 5.32 Å². The van der Waals surface area contributed by atoms with Crippen LogP contribution in [0.2, 0.25) is 0 Å². The Morgan fingerprint density at radius 2 is 2.12 bits per heavy atom. The van der Waals surface area contributed by atoms with Crippen LogP contribution in [0.4, 0.5) is 5.82 Å². The van der Waals surface area contributed by atoms with Crippen LogP contribution in [-0.4, -0.2) is 11.0 Å². The molecule has 0 radical (unpaired) electrons. The van der Waals surface area contributed by atoms with Gasteiger partial charge in [0, 0.05) is 11.7 Å². The maximum Gasteiger partial charge on any atom is 0.126 e. The largest absolute Gasteiger partial charge is 0.368 e. The van der Waals surface area contributed by atoms with Crippen molar-refractivity contribution in [2.24, 2.45) is 5.92 Å². The predicted molar refractivity (Wildman–Crippen MR) is 68.8 cm³/mol. The van der Waals surface area contributed by atoms with Crippen LogP contribution in [0.15, 0.2) is 12.1 Å². The Kier molecular flexibility index (Phi) is 3.47. The molecule has 1 aromatic heterocycles. The highest BCUT2D eigenvalue weighted by Gasteiger charge is 2.19. The Bertz CT molecular complexity index is 336. The second-order valence-corrected chi connectivity index (χ2v) is 5.25. The molecule has 2 rings (SSSR count). The van der Waals surface area contributed by atoms with E-state index < -0.39 is 0 Å². The van der Waals surface area contributed by atoms with Crippen LogP contribution in [0.5, 0.6) is 0 Å². The highest BCUT2D eigenvalue weighted by molar-refractivity contribution is 5.39. The van der Waals surface area contributed by atoms with Gasteiger partial charge in [0.05, 0.1) is 0 Å². The fourth-order valence-electron chi connectivity index (χ4n) is 2.46. The Morgan fingerprint density at radius 1 is 1.38 bits per heavy atom. The van der Waals surface area contributed by atoms with E-state index >= 15 is 0 Å². The van der Waals surface area contributed by atoms with E-state index in [1.54, 1.807) is 0 Å². The fraction of sp³-hybridized carbons (Fsp3) is 0.643. The van der Waals surface area contributed by atoms with Gasteiger partial charge in [0.1, 0.15) is 5.82 Å². The van der Waals surface area contributed by atoms with Crippen LogP contribution in [0, 0.1) is 19.8 Å². The third-order valence-corrected chi connectivity index (χ3v) is 3.40. The monoisotopic (exact) mass is 218 g/mol. The minimum absolute atomic E-state index is 0.541. The molecule has 1 heterocycles. The molecule has 1 aromatic rings. The molecular weight excluding hydrogens is 196 g/mol. The summed E-state index contributed by atoms with van der Waals surface area (Å²) in [6, 6.07) is 4.78. The van der Waals surface area contributed by atoms with Crippen molar-refractivity contribution < 1.29 is 0 Å². The Morgan fingerprint density at radius 3 is 2.69 bits per heavy atom. The summed E-state index contributed by atoms with van der Waals surface area (Å²) >= 11 is 0. The van der Waals surface area contributed by atoms with E-state index in [1.165, 1.54) is 31.2 Å². The first-order valence-electron chi connectivity index (χ1n) is 6.35. The molecule has 0 amide bonds. The van der Waals surface area contributed by atoms with Gasteiger partial charge in [0.25, 0.3) is 0 Å². The summed E-state index contributed by atoms with van der Waals surface area (Å²) in [6.45, 7) is 6.43. The van der Waals surface area contributed by atoms with Gasteiger partial charge in [0.15, 0.2) is 0 Å². The van der Waals surface area contributed by atoms with Crippen molar-refractivity contribution in [2.75, 3.05) is 5.32 Å². The number of hydrogen-bond acceptors (Lipinski definition) is 2. The number of anilines is 1. The van der Waals surface area contributed by atoms with Crippen LogP contribution in [0.25, 0.3) is 0 Å². The minimum Gasteiger partial charge on any atom is -0.368 e.